The van der Waals surface area contributed by atoms with Gasteiger partial charge in [-0.2, -0.15) is 0 Å². The van der Waals surface area contributed by atoms with Crippen LogP contribution in [0.1, 0.15) is 25.2 Å². The minimum Gasteiger partial charge on any atom is -0.508 e. The molecule has 0 bridgehead atoms. The number of phenolic OH excluding ortho intramolecular Hbond substituents is 1. The van der Waals surface area contributed by atoms with Gasteiger partial charge in [0.25, 0.3) is 0 Å². The Kier molecular flexibility index (Phi) is 6.09. The van der Waals surface area contributed by atoms with Gasteiger partial charge in [-0.25, -0.2) is 9.67 Å². The van der Waals surface area contributed by atoms with E-state index in [-0.39, 0.29) is 18.5 Å². The number of aryl methyl sites for hydroxylation is 1. The van der Waals surface area contributed by atoms with Crippen molar-refractivity contribution in [3.8, 4) is 34.5 Å². The fourth-order valence-corrected chi connectivity index (χ4v) is 3.86. The number of ether oxygens (including phenoxy) is 2. The van der Waals surface area contributed by atoms with Gasteiger partial charge in [-0.05, 0) is 93.1 Å². The summed E-state index contributed by atoms with van der Waals surface area (Å²) in [7, 11) is 0. The zero-order valence-corrected chi connectivity index (χ0v) is 20.3. The molecule has 0 aliphatic heterocycles. The maximum absolute atomic E-state index is 9.75. The molecule has 1 N–H and O–H groups in total. The number of halogens is 1. The van der Waals surface area contributed by atoms with Crippen LogP contribution in [0.25, 0.3) is 28.2 Å². The number of rotatable bonds is 7. The summed E-state index contributed by atoms with van der Waals surface area (Å²) in [6.07, 6.45) is 0.0810. The van der Waals surface area contributed by atoms with Gasteiger partial charge in [0, 0.05) is 10.4 Å². The third kappa shape index (κ3) is 4.95. The number of fused-ring (bicyclic) bond motifs is 1. The van der Waals surface area contributed by atoms with E-state index in [0.717, 1.165) is 22.4 Å². The van der Waals surface area contributed by atoms with E-state index in [0.29, 0.717) is 33.8 Å². The summed E-state index contributed by atoms with van der Waals surface area (Å²) in [5.41, 5.74) is 2.23. The van der Waals surface area contributed by atoms with Gasteiger partial charge in [-0.3, -0.25) is 0 Å². The molecule has 5 rings (SSSR count). The SMILES string of the molecule is Cc1cc(OCc2nc(-c3cc4cc(Cl)ccc4o3)n(-c3ccc(OC(C)C)cc3)n2)ccc1O. The quantitative estimate of drug-likeness (QED) is 0.273. The maximum Gasteiger partial charge on any atom is 0.199 e. The number of aromatic hydroxyl groups is 1. The van der Waals surface area contributed by atoms with Gasteiger partial charge in [-0.15, -0.1) is 5.10 Å². The summed E-state index contributed by atoms with van der Waals surface area (Å²) >= 11 is 6.16. The third-order valence-electron chi connectivity index (χ3n) is 5.34. The van der Waals surface area contributed by atoms with Crippen LogP contribution in [-0.2, 0) is 6.61 Å². The van der Waals surface area contributed by atoms with E-state index >= 15 is 0 Å². The Morgan fingerprint density at radius 3 is 2.51 bits per heavy atom. The highest BCUT2D eigenvalue weighted by Gasteiger charge is 2.18. The molecule has 7 nitrogen and oxygen atoms in total. The Balaban J connectivity index is 1.51. The van der Waals surface area contributed by atoms with Crippen molar-refractivity contribution >= 4 is 22.6 Å². The molecule has 0 fully saturated rings. The Bertz CT molecular complexity index is 1490. The second kappa shape index (κ2) is 9.35. The lowest BCUT2D eigenvalue weighted by Crippen LogP contribution is -2.06. The summed E-state index contributed by atoms with van der Waals surface area (Å²) in [4.78, 5) is 4.72. The van der Waals surface area contributed by atoms with Gasteiger partial charge in [0.15, 0.2) is 17.4 Å². The molecular formula is C27H24ClN3O4. The number of phenols is 1. The lowest BCUT2D eigenvalue weighted by Gasteiger charge is -2.10. The average molecular weight is 490 g/mol. The Hall–Kier alpha value is -3.97. The van der Waals surface area contributed by atoms with Gasteiger partial charge < -0.3 is 19.0 Å². The summed E-state index contributed by atoms with van der Waals surface area (Å²) in [5.74, 6) is 3.19. The van der Waals surface area contributed by atoms with E-state index < -0.39 is 0 Å². The lowest BCUT2D eigenvalue weighted by atomic mass is 10.2. The van der Waals surface area contributed by atoms with E-state index in [1.165, 1.54) is 0 Å². The molecule has 35 heavy (non-hydrogen) atoms. The van der Waals surface area contributed by atoms with Gasteiger partial charge in [-0.1, -0.05) is 11.6 Å². The molecule has 2 heterocycles. The van der Waals surface area contributed by atoms with Crippen LogP contribution in [0.2, 0.25) is 5.02 Å². The van der Waals surface area contributed by atoms with Gasteiger partial charge in [0.2, 0.25) is 0 Å². The highest BCUT2D eigenvalue weighted by molar-refractivity contribution is 6.31. The normalized spacial score (nSPS) is 11.3. The lowest BCUT2D eigenvalue weighted by molar-refractivity contribution is 0.242. The van der Waals surface area contributed by atoms with Crippen LogP contribution in [-0.4, -0.2) is 26.0 Å². The zero-order chi connectivity index (χ0) is 24.5. The predicted molar refractivity (Wildman–Crippen MR) is 135 cm³/mol. The van der Waals surface area contributed by atoms with Gasteiger partial charge in [0.05, 0.1) is 11.8 Å². The minimum atomic E-state index is 0.0810. The van der Waals surface area contributed by atoms with E-state index in [4.69, 9.17) is 35.6 Å². The molecular weight excluding hydrogens is 466 g/mol. The fraction of sp³-hybridized carbons (Fsp3) is 0.185. The van der Waals surface area contributed by atoms with Crippen molar-refractivity contribution in [1.29, 1.82) is 0 Å². The molecule has 0 aliphatic carbocycles. The third-order valence-corrected chi connectivity index (χ3v) is 5.57. The second-order valence-corrected chi connectivity index (χ2v) is 8.89. The number of hydrogen-bond donors (Lipinski definition) is 1. The van der Waals surface area contributed by atoms with Crippen LogP contribution >= 0.6 is 11.6 Å². The van der Waals surface area contributed by atoms with Crippen molar-refractivity contribution in [1.82, 2.24) is 14.8 Å². The van der Waals surface area contributed by atoms with Crippen LogP contribution in [0.3, 0.4) is 0 Å². The molecule has 0 unspecified atom stereocenters. The number of nitrogens with zero attached hydrogens (tertiary/aromatic N) is 3. The van der Waals surface area contributed by atoms with Crippen molar-refractivity contribution in [2.45, 2.75) is 33.5 Å². The molecule has 3 aromatic carbocycles. The molecule has 5 aromatic rings. The molecule has 0 aliphatic rings. The van der Waals surface area contributed by atoms with Crippen LogP contribution in [0.15, 0.2) is 71.1 Å². The molecule has 0 atom stereocenters. The Morgan fingerprint density at radius 1 is 1.00 bits per heavy atom. The first-order valence-corrected chi connectivity index (χ1v) is 11.6. The summed E-state index contributed by atoms with van der Waals surface area (Å²) < 4.78 is 19.5. The van der Waals surface area contributed by atoms with E-state index in [1.807, 2.05) is 63.2 Å². The molecule has 0 spiro atoms. The summed E-state index contributed by atoms with van der Waals surface area (Å²) in [5, 5.41) is 16.0. The van der Waals surface area contributed by atoms with Crippen LogP contribution < -0.4 is 9.47 Å². The topological polar surface area (TPSA) is 82.5 Å². The van der Waals surface area contributed by atoms with E-state index in [9.17, 15) is 5.11 Å². The molecule has 0 saturated heterocycles. The van der Waals surface area contributed by atoms with Crippen molar-refractivity contribution in [2.24, 2.45) is 0 Å². The highest BCUT2D eigenvalue weighted by atomic mass is 35.5. The van der Waals surface area contributed by atoms with Crippen LogP contribution in [0.5, 0.6) is 17.2 Å². The maximum atomic E-state index is 9.75. The second-order valence-electron chi connectivity index (χ2n) is 8.45. The van der Waals surface area contributed by atoms with Crippen LogP contribution in [0, 0.1) is 6.92 Å². The summed E-state index contributed by atoms with van der Waals surface area (Å²) in [6.45, 7) is 5.93. The van der Waals surface area contributed by atoms with E-state index in [2.05, 4.69) is 0 Å². The van der Waals surface area contributed by atoms with Gasteiger partial charge in [0.1, 0.15) is 29.4 Å². The van der Waals surface area contributed by atoms with Crippen LogP contribution in [0.4, 0.5) is 0 Å². The van der Waals surface area contributed by atoms with E-state index in [1.54, 1.807) is 28.9 Å². The highest BCUT2D eigenvalue weighted by Crippen LogP contribution is 2.31. The first-order chi connectivity index (χ1) is 16.9. The smallest absolute Gasteiger partial charge is 0.199 e. The molecule has 2 aromatic heterocycles. The first-order valence-electron chi connectivity index (χ1n) is 11.2. The largest absolute Gasteiger partial charge is 0.508 e. The molecule has 8 heteroatoms. The molecule has 0 saturated carbocycles. The molecule has 178 valence electrons. The van der Waals surface area contributed by atoms with Crippen molar-refractivity contribution < 1.29 is 19.0 Å². The van der Waals surface area contributed by atoms with Gasteiger partial charge >= 0.3 is 0 Å². The monoisotopic (exact) mass is 489 g/mol. The predicted octanol–water partition coefficient (Wildman–Crippen LogP) is 6.71. The Labute approximate surface area is 207 Å². The van der Waals surface area contributed by atoms with Crippen molar-refractivity contribution in [2.75, 3.05) is 0 Å². The fourth-order valence-electron chi connectivity index (χ4n) is 3.68. The minimum absolute atomic E-state index is 0.0810. The summed E-state index contributed by atoms with van der Waals surface area (Å²) in [6, 6.07) is 20.1. The van der Waals surface area contributed by atoms with Crippen molar-refractivity contribution in [3.05, 3.63) is 83.1 Å². The number of furan rings is 1. The standard InChI is InChI=1S/C27H24ClN3O4/c1-16(2)34-21-7-5-20(6-8-21)31-27(25-14-18-13-19(28)4-11-24(18)35-25)29-26(30-31)15-33-22-9-10-23(32)17(3)12-22/h4-14,16,32H,15H2,1-3H3. The zero-order valence-electron chi connectivity index (χ0n) is 19.5. The number of benzene rings is 3. The number of aromatic nitrogens is 3. The Morgan fingerprint density at radius 2 is 1.77 bits per heavy atom. The first kappa shape index (κ1) is 22.8. The molecule has 0 radical (unpaired) electrons. The average Bonchev–Trinajstić information content (AvgIpc) is 3.44. The van der Waals surface area contributed by atoms with Crippen molar-refractivity contribution in [3.63, 3.8) is 0 Å². The molecule has 0 amide bonds. The number of hydrogen-bond acceptors (Lipinski definition) is 6.